The van der Waals surface area contributed by atoms with Crippen molar-refractivity contribution in [3.05, 3.63) is 29.3 Å². The smallest absolute Gasteiger partial charge is 0.238 e. The highest BCUT2D eigenvalue weighted by Gasteiger charge is 2.23. The molecule has 1 amide bonds. The quantitative estimate of drug-likeness (QED) is 0.733. The van der Waals surface area contributed by atoms with E-state index >= 15 is 0 Å². The van der Waals surface area contributed by atoms with Crippen LogP contribution in [0.3, 0.4) is 0 Å². The number of hydrogen-bond acceptors (Lipinski definition) is 3. The highest BCUT2D eigenvalue weighted by molar-refractivity contribution is 5.92. The summed E-state index contributed by atoms with van der Waals surface area (Å²) >= 11 is 0. The Morgan fingerprint density at radius 3 is 2.50 bits per heavy atom. The maximum absolute atomic E-state index is 12.1. The Morgan fingerprint density at radius 1 is 1.14 bits per heavy atom. The van der Waals surface area contributed by atoms with Gasteiger partial charge in [0.1, 0.15) is 0 Å². The molecule has 0 heterocycles. The molecule has 0 aliphatic heterocycles. The fourth-order valence-electron chi connectivity index (χ4n) is 3.35. The van der Waals surface area contributed by atoms with E-state index in [0.717, 1.165) is 29.7 Å². The van der Waals surface area contributed by atoms with Crippen LogP contribution in [0.15, 0.2) is 18.2 Å². The van der Waals surface area contributed by atoms with E-state index in [1.807, 2.05) is 26.0 Å². The summed E-state index contributed by atoms with van der Waals surface area (Å²) in [6.07, 6.45) is 5.67. The maximum atomic E-state index is 12.1. The van der Waals surface area contributed by atoms with E-state index in [4.69, 9.17) is 0 Å². The van der Waals surface area contributed by atoms with E-state index in [1.165, 1.54) is 19.3 Å². The van der Waals surface area contributed by atoms with Gasteiger partial charge in [-0.25, -0.2) is 0 Å². The molecule has 2 atom stereocenters. The van der Waals surface area contributed by atoms with Crippen LogP contribution in [-0.2, 0) is 4.79 Å². The van der Waals surface area contributed by atoms with Gasteiger partial charge in [0.25, 0.3) is 0 Å². The van der Waals surface area contributed by atoms with E-state index in [-0.39, 0.29) is 24.5 Å². The largest absolute Gasteiger partial charge is 0.396 e. The summed E-state index contributed by atoms with van der Waals surface area (Å²) in [6.45, 7) is 4.56. The zero-order valence-electron chi connectivity index (χ0n) is 13.7. The summed E-state index contributed by atoms with van der Waals surface area (Å²) in [5, 5.41) is 15.8. The van der Waals surface area contributed by atoms with Crippen molar-refractivity contribution in [1.29, 1.82) is 0 Å². The first-order chi connectivity index (χ1) is 10.6. The Labute approximate surface area is 133 Å². The molecule has 122 valence electrons. The molecule has 0 bridgehead atoms. The van der Waals surface area contributed by atoms with Crippen LogP contribution < -0.4 is 10.6 Å². The molecular weight excluding hydrogens is 276 g/mol. The van der Waals surface area contributed by atoms with Crippen molar-refractivity contribution in [3.63, 3.8) is 0 Å². The average Bonchev–Trinajstić information content (AvgIpc) is 2.68. The first-order valence-electron chi connectivity index (χ1n) is 8.31. The molecule has 0 aromatic heterocycles. The fraction of sp³-hybridized carbons (Fsp3) is 0.611. The van der Waals surface area contributed by atoms with Crippen LogP contribution in [0.5, 0.6) is 0 Å². The van der Waals surface area contributed by atoms with Gasteiger partial charge in [-0.15, -0.1) is 0 Å². The van der Waals surface area contributed by atoms with Gasteiger partial charge in [-0.2, -0.15) is 0 Å². The molecule has 22 heavy (non-hydrogen) atoms. The average molecular weight is 304 g/mol. The van der Waals surface area contributed by atoms with Crippen molar-refractivity contribution >= 4 is 11.6 Å². The van der Waals surface area contributed by atoms with Crippen molar-refractivity contribution in [2.75, 3.05) is 18.5 Å². The Balaban J connectivity index is 1.86. The summed E-state index contributed by atoms with van der Waals surface area (Å²) in [4.78, 5) is 12.1. The number of aliphatic hydroxyl groups excluding tert-OH is 1. The third-order valence-electron chi connectivity index (χ3n) is 4.42. The normalized spacial score (nSPS) is 22.1. The van der Waals surface area contributed by atoms with E-state index < -0.39 is 0 Å². The van der Waals surface area contributed by atoms with Crippen molar-refractivity contribution in [3.8, 4) is 0 Å². The monoisotopic (exact) mass is 304 g/mol. The first kappa shape index (κ1) is 17.0. The van der Waals surface area contributed by atoms with Gasteiger partial charge in [0.05, 0.1) is 6.54 Å². The van der Waals surface area contributed by atoms with Gasteiger partial charge in [-0.3, -0.25) is 4.79 Å². The van der Waals surface area contributed by atoms with Crippen LogP contribution in [0.25, 0.3) is 0 Å². The Bertz CT molecular complexity index is 482. The highest BCUT2D eigenvalue weighted by atomic mass is 16.3. The van der Waals surface area contributed by atoms with Crippen LogP contribution in [0, 0.1) is 19.8 Å². The third-order valence-corrected chi connectivity index (χ3v) is 4.42. The molecule has 2 rings (SSSR count). The predicted molar refractivity (Wildman–Crippen MR) is 90.0 cm³/mol. The second-order valence-electron chi connectivity index (χ2n) is 6.49. The van der Waals surface area contributed by atoms with E-state index in [0.29, 0.717) is 6.54 Å². The Morgan fingerprint density at radius 2 is 1.82 bits per heavy atom. The number of nitrogens with one attached hydrogen (secondary N) is 2. The van der Waals surface area contributed by atoms with Crippen LogP contribution in [-0.4, -0.2) is 30.2 Å². The van der Waals surface area contributed by atoms with Gasteiger partial charge in [0.15, 0.2) is 0 Å². The molecule has 0 spiro atoms. The summed E-state index contributed by atoms with van der Waals surface area (Å²) in [5.74, 6) is 0.252. The Kier molecular flexibility index (Phi) is 6.40. The lowest BCUT2D eigenvalue weighted by Crippen LogP contribution is -2.41. The van der Waals surface area contributed by atoms with Gasteiger partial charge in [0.2, 0.25) is 5.91 Å². The molecular formula is C18H28N2O2. The van der Waals surface area contributed by atoms with Crippen LogP contribution in [0.1, 0.15) is 43.2 Å². The second-order valence-corrected chi connectivity index (χ2v) is 6.49. The number of hydrogen-bond donors (Lipinski definition) is 3. The number of benzene rings is 1. The van der Waals surface area contributed by atoms with Gasteiger partial charge in [-0.1, -0.05) is 25.3 Å². The first-order valence-corrected chi connectivity index (χ1v) is 8.31. The number of amides is 1. The molecule has 0 radical (unpaired) electrons. The van der Waals surface area contributed by atoms with E-state index in [1.54, 1.807) is 0 Å². The summed E-state index contributed by atoms with van der Waals surface area (Å²) in [6, 6.07) is 6.29. The summed E-state index contributed by atoms with van der Waals surface area (Å²) in [7, 11) is 0. The molecule has 1 aliphatic carbocycles. The van der Waals surface area contributed by atoms with Crippen molar-refractivity contribution in [2.24, 2.45) is 5.92 Å². The van der Waals surface area contributed by atoms with Crippen molar-refractivity contribution in [1.82, 2.24) is 5.32 Å². The molecule has 0 saturated heterocycles. The maximum Gasteiger partial charge on any atom is 0.238 e. The van der Waals surface area contributed by atoms with Gasteiger partial charge < -0.3 is 15.7 Å². The topological polar surface area (TPSA) is 61.4 Å². The molecule has 0 unspecified atom stereocenters. The molecule has 1 aliphatic rings. The molecule has 1 saturated carbocycles. The lowest BCUT2D eigenvalue weighted by Gasteiger charge is -2.24. The zero-order chi connectivity index (χ0) is 15.9. The molecule has 4 heteroatoms. The molecule has 3 N–H and O–H groups in total. The van der Waals surface area contributed by atoms with Crippen molar-refractivity contribution < 1.29 is 9.90 Å². The fourth-order valence-corrected chi connectivity index (χ4v) is 3.35. The molecule has 1 aromatic rings. The summed E-state index contributed by atoms with van der Waals surface area (Å²) in [5.41, 5.74) is 3.14. The molecule has 1 aromatic carbocycles. The lowest BCUT2D eigenvalue weighted by atomic mass is 9.96. The van der Waals surface area contributed by atoms with Gasteiger partial charge in [0, 0.05) is 18.3 Å². The van der Waals surface area contributed by atoms with Crippen LogP contribution in [0.2, 0.25) is 0 Å². The minimum atomic E-state index is -0.0223. The standard InChI is InChI=1S/C18H28N2O2/c1-13-8-14(2)10-16(9-13)20-18(22)11-19-17-7-5-3-4-6-15(17)12-21/h8-10,15,17,19,21H,3-7,11-12H2,1-2H3,(H,20,22)/t15-,17+/m0/s1. The number of aliphatic hydroxyl groups is 1. The SMILES string of the molecule is Cc1cc(C)cc(NC(=O)CN[C@@H]2CCCCC[C@H]2CO)c1. The molecule has 1 fully saturated rings. The number of anilines is 1. The van der Waals surface area contributed by atoms with Gasteiger partial charge in [-0.05, 0) is 55.9 Å². The highest BCUT2D eigenvalue weighted by Crippen LogP contribution is 2.23. The Hall–Kier alpha value is -1.39. The third kappa shape index (κ3) is 5.11. The summed E-state index contributed by atoms with van der Waals surface area (Å²) < 4.78 is 0. The van der Waals surface area contributed by atoms with Gasteiger partial charge >= 0.3 is 0 Å². The number of aryl methyl sites for hydroxylation is 2. The number of carbonyl (C=O) groups excluding carboxylic acids is 1. The predicted octanol–water partition coefficient (Wildman–Crippen LogP) is 2.77. The second kappa shape index (κ2) is 8.30. The number of rotatable bonds is 5. The van der Waals surface area contributed by atoms with Crippen LogP contribution >= 0.6 is 0 Å². The zero-order valence-corrected chi connectivity index (χ0v) is 13.7. The number of carbonyl (C=O) groups is 1. The van der Waals surface area contributed by atoms with E-state index in [9.17, 15) is 9.90 Å². The minimum absolute atomic E-state index is 0.0223. The van der Waals surface area contributed by atoms with Crippen LogP contribution in [0.4, 0.5) is 5.69 Å². The minimum Gasteiger partial charge on any atom is -0.396 e. The van der Waals surface area contributed by atoms with Crippen molar-refractivity contribution in [2.45, 2.75) is 52.0 Å². The lowest BCUT2D eigenvalue weighted by molar-refractivity contribution is -0.115. The molecule has 4 nitrogen and oxygen atoms in total. The van der Waals surface area contributed by atoms with E-state index in [2.05, 4.69) is 16.7 Å².